The summed E-state index contributed by atoms with van der Waals surface area (Å²) in [6.07, 6.45) is 4.15. The molecule has 6 heteroatoms. The number of aromatic amines is 1. The van der Waals surface area contributed by atoms with E-state index in [0.717, 1.165) is 72.7 Å². The normalized spacial score (nSPS) is 21.7. The van der Waals surface area contributed by atoms with E-state index in [1.165, 1.54) is 0 Å². The number of fused-ring (bicyclic) bond motifs is 1. The molecule has 2 aromatic heterocycles. The molecular formula is C21H23N5O. The number of aromatic nitrogens is 3. The van der Waals surface area contributed by atoms with Crippen molar-refractivity contribution in [3.8, 4) is 17.0 Å². The first-order valence-corrected chi connectivity index (χ1v) is 9.71. The van der Waals surface area contributed by atoms with Crippen molar-refractivity contribution in [1.82, 2.24) is 20.5 Å². The highest BCUT2D eigenvalue weighted by atomic mass is 16.5. The lowest BCUT2D eigenvalue weighted by atomic mass is 9.74. The summed E-state index contributed by atoms with van der Waals surface area (Å²) in [6, 6.07) is 10.4. The van der Waals surface area contributed by atoms with Gasteiger partial charge in [0.1, 0.15) is 22.9 Å². The zero-order valence-corrected chi connectivity index (χ0v) is 15.5. The average molecular weight is 361 g/mol. The zero-order chi connectivity index (χ0) is 18.1. The quantitative estimate of drug-likeness (QED) is 0.748. The monoisotopic (exact) mass is 361 g/mol. The summed E-state index contributed by atoms with van der Waals surface area (Å²) in [6.45, 7) is 6.62. The summed E-state index contributed by atoms with van der Waals surface area (Å²) in [5, 5.41) is 12.2. The highest BCUT2D eigenvalue weighted by Gasteiger charge is 2.48. The van der Waals surface area contributed by atoms with Gasteiger partial charge < -0.3 is 15.0 Å². The van der Waals surface area contributed by atoms with Crippen molar-refractivity contribution in [3.05, 3.63) is 36.5 Å². The standard InChI is InChI=1S/C21H23N5O/c1-20(5-6-20)27-15-2-3-17-16(9-15)19(25-24-17)14-4-7-23-18(8-14)26-12-21(13-26)10-22-11-21/h2-4,7-9,22H,5-6,10-13H2,1H3,(H,24,25). The van der Waals surface area contributed by atoms with Gasteiger partial charge in [0, 0.05) is 48.7 Å². The largest absolute Gasteiger partial charge is 0.488 e. The van der Waals surface area contributed by atoms with Crippen LogP contribution in [-0.2, 0) is 0 Å². The average Bonchev–Trinajstić information content (AvgIpc) is 3.16. The molecule has 0 radical (unpaired) electrons. The highest BCUT2D eigenvalue weighted by Crippen LogP contribution is 2.41. The van der Waals surface area contributed by atoms with Crippen LogP contribution in [0.15, 0.2) is 36.5 Å². The van der Waals surface area contributed by atoms with E-state index in [9.17, 15) is 0 Å². The Labute approximate surface area is 157 Å². The number of pyridine rings is 1. The van der Waals surface area contributed by atoms with Crippen molar-refractivity contribution in [2.24, 2.45) is 5.41 Å². The Kier molecular flexibility index (Phi) is 2.99. The van der Waals surface area contributed by atoms with Crippen molar-refractivity contribution in [2.75, 3.05) is 31.1 Å². The van der Waals surface area contributed by atoms with Gasteiger partial charge >= 0.3 is 0 Å². The van der Waals surface area contributed by atoms with Gasteiger partial charge in [-0.05, 0) is 50.1 Å². The Hall–Kier alpha value is -2.60. The number of nitrogens with zero attached hydrogens (tertiary/aromatic N) is 3. The second kappa shape index (κ2) is 5.23. The molecule has 4 heterocycles. The van der Waals surface area contributed by atoms with E-state index in [0.29, 0.717) is 5.41 Å². The van der Waals surface area contributed by atoms with Gasteiger partial charge in [0.25, 0.3) is 0 Å². The fourth-order valence-corrected chi connectivity index (χ4v) is 4.21. The number of nitrogens with one attached hydrogen (secondary N) is 2. The molecule has 138 valence electrons. The molecule has 2 aliphatic heterocycles. The van der Waals surface area contributed by atoms with Crippen LogP contribution in [0, 0.1) is 5.41 Å². The molecule has 6 rings (SSSR count). The molecule has 1 spiro atoms. The van der Waals surface area contributed by atoms with E-state index >= 15 is 0 Å². The third kappa shape index (κ3) is 2.51. The van der Waals surface area contributed by atoms with E-state index in [1.807, 2.05) is 18.3 Å². The number of rotatable bonds is 4. The molecule has 1 aliphatic carbocycles. The summed E-state index contributed by atoms with van der Waals surface area (Å²) in [5.74, 6) is 1.96. The van der Waals surface area contributed by atoms with Gasteiger partial charge in [-0.3, -0.25) is 5.10 Å². The molecule has 3 aliphatic rings. The molecule has 3 aromatic rings. The molecule has 0 atom stereocenters. The SMILES string of the molecule is CC1(Oc2ccc3[nH]nc(-c4ccnc(N5CC6(CNC6)C5)c4)c3c2)CC1. The summed E-state index contributed by atoms with van der Waals surface area (Å²) >= 11 is 0. The molecule has 27 heavy (non-hydrogen) atoms. The lowest BCUT2D eigenvalue weighted by Crippen LogP contribution is -2.71. The number of ether oxygens (including phenoxy) is 1. The lowest BCUT2D eigenvalue weighted by molar-refractivity contribution is 0.120. The maximum absolute atomic E-state index is 6.14. The summed E-state index contributed by atoms with van der Waals surface area (Å²) in [4.78, 5) is 6.96. The van der Waals surface area contributed by atoms with Crippen molar-refractivity contribution in [3.63, 3.8) is 0 Å². The van der Waals surface area contributed by atoms with Gasteiger partial charge in [-0.15, -0.1) is 0 Å². The van der Waals surface area contributed by atoms with Crippen molar-refractivity contribution in [1.29, 1.82) is 0 Å². The Balaban J connectivity index is 1.32. The van der Waals surface area contributed by atoms with E-state index < -0.39 is 0 Å². The number of H-pyrrole nitrogens is 1. The van der Waals surface area contributed by atoms with Crippen molar-refractivity contribution < 1.29 is 4.74 Å². The molecular weight excluding hydrogens is 338 g/mol. The van der Waals surface area contributed by atoms with Crippen LogP contribution in [0.5, 0.6) is 5.75 Å². The van der Waals surface area contributed by atoms with Crippen LogP contribution in [0.3, 0.4) is 0 Å². The molecule has 0 bridgehead atoms. The third-order valence-corrected chi connectivity index (χ3v) is 6.25. The molecule has 0 unspecified atom stereocenters. The van der Waals surface area contributed by atoms with Crippen LogP contribution >= 0.6 is 0 Å². The second-order valence-corrected chi connectivity index (χ2v) is 8.69. The Morgan fingerprint density at radius 2 is 1.96 bits per heavy atom. The summed E-state index contributed by atoms with van der Waals surface area (Å²) < 4.78 is 6.14. The van der Waals surface area contributed by atoms with E-state index in [-0.39, 0.29) is 5.60 Å². The fraction of sp³-hybridized carbons (Fsp3) is 0.429. The number of benzene rings is 1. The predicted molar refractivity (Wildman–Crippen MR) is 105 cm³/mol. The minimum atomic E-state index is 0.0191. The first-order chi connectivity index (χ1) is 13.1. The Bertz CT molecular complexity index is 1030. The first kappa shape index (κ1) is 15.5. The van der Waals surface area contributed by atoms with Crippen LogP contribution in [-0.4, -0.2) is 47.0 Å². The number of anilines is 1. The maximum atomic E-state index is 6.14. The van der Waals surface area contributed by atoms with Gasteiger partial charge in [-0.2, -0.15) is 5.10 Å². The molecule has 1 saturated carbocycles. The number of hydrogen-bond acceptors (Lipinski definition) is 5. The maximum Gasteiger partial charge on any atom is 0.129 e. The van der Waals surface area contributed by atoms with Gasteiger partial charge in [0.15, 0.2) is 0 Å². The Morgan fingerprint density at radius 1 is 1.11 bits per heavy atom. The highest BCUT2D eigenvalue weighted by molar-refractivity contribution is 5.94. The van der Waals surface area contributed by atoms with Crippen LogP contribution < -0.4 is 15.0 Å². The minimum Gasteiger partial charge on any atom is -0.488 e. The molecule has 6 nitrogen and oxygen atoms in total. The lowest BCUT2D eigenvalue weighted by Gasteiger charge is -2.56. The van der Waals surface area contributed by atoms with Gasteiger partial charge in [-0.1, -0.05) is 0 Å². The molecule has 0 amide bonds. The topological polar surface area (TPSA) is 66.1 Å². The second-order valence-electron chi connectivity index (χ2n) is 8.69. The van der Waals surface area contributed by atoms with Crippen molar-refractivity contribution >= 4 is 16.7 Å². The molecule has 3 fully saturated rings. The van der Waals surface area contributed by atoms with Gasteiger partial charge in [0.2, 0.25) is 0 Å². The first-order valence-electron chi connectivity index (χ1n) is 9.71. The summed E-state index contributed by atoms with van der Waals surface area (Å²) in [7, 11) is 0. The fourth-order valence-electron chi connectivity index (χ4n) is 4.21. The van der Waals surface area contributed by atoms with E-state index in [4.69, 9.17) is 4.74 Å². The zero-order valence-electron chi connectivity index (χ0n) is 15.5. The Morgan fingerprint density at radius 3 is 2.70 bits per heavy atom. The van der Waals surface area contributed by atoms with Crippen LogP contribution in [0.25, 0.3) is 22.2 Å². The molecule has 2 N–H and O–H groups in total. The molecule has 2 saturated heterocycles. The third-order valence-electron chi connectivity index (χ3n) is 6.25. The smallest absolute Gasteiger partial charge is 0.129 e. The van der Waals surface area contributed by atoms with Crippen molar-refractivity contribution in [2.45, 2.75) is 25.4 Å². The molecule has 1 aromatic carbocycles. The van der Waals surface area contributed by atoms with Crippen LogP contribution in [0.2, 0.25) is 0 Å². The van der Waals surface area contributed by atoms with Crippen LogP contribution in [0.4, 0.5) is 5.82 Å². The predicted octanol–water partition coefficient (Wildman–Crippen LogP) is 2.97. The van der Waals surface area contributed by atoms with Crippen LogP contribution in [0.1, 0.15) is 19.8 Å². The number of hydrogen-bond donors (Lipinski definition) is 2. The van der Waals surface area contributed by atoms with E-state index in [1.54, 1.807) is 0 Å². The van der Waals surface area contributed by atoms with Gasteiger partial charge in [-0.25, -0.2) is 4.98 Å². The van der Waals surface area contributed by atoms with Gasteiger partial charge in [0.05, 0.1) is 5.52 Å². The minimum absolute atomic E-state index is 0.0191. The summed E-state index contributed by atoms with van der Waals surface area (Å²) in [5.41, 5.74) is 3.59. The van der Waals surface area contributed by atoms with E-state index in [2.05, 4.69) is 50.5 Å².